The first-order valence-corrected chi connectivity index (χ1v) is 10.5. The molecule has 0 aliphatic heterocycles. The molecule has 2 unspecified atom stereocenters. The zero-order valence-electron chi connectivity index (χ0n) is 17.6. The van der Waals surface area contributed by atoms with E-state index in [9.17, 15) is 5.11 Å². The van der Waals surface area contributed by atoms with E-state index >= 15 is 0 Å². The lowest BCUT2D eigenvalue weighted by atomic mass is 10.1. The average Bonchev–Trinajstić information content (AvgIpc) is 3.50. The largest absolute Gasteiger partial charge is 0.391 e. The number of aromatic nitrogens is 6. The summed E-state index contributed by atoms with van der Waals surface area (Å²) in [7, 11) is 3.79. The molecule has 1 fully saturated rings. The molecule has 3 heterocycles. The average molecular weight is 416 g/mol. The van der Waals surface area contributed by atoms with Crippen LogP contribution in [0.4, 0.5) is 5.82 Å². The molecule has 8 nitrogen and oxygen atoms in total. The molecule has 31 heavy (non-hydrogen) atoms. The highest BCUT2D eigenvalue weighted by molar-refractivity contribution is 5.76. The van der Waals surface area contributed by atoms with E-state index in [4.69, 9.17) is 4.98 Å². The summed E-state index contributed by atoms with van der Waals surface area (Å²) >= 11 is 0. The van der Waals surface area contributed by atoms with Gasteiger partial charge >= 0.3 is 0 Å². The number of hydrogen-bond acceptors (Lipinski definition) is 6. The molecular weight excluding hydrogens is 390 g/mol. The van der Waals surface area contributed by atoms with Crippen molar-refractivity contribution >= 4 is 5.82 Å². The van der Waals surface area contributed by atoms with Crippen molar-refractivity contribution < 1.29 is 5.11 Å². The summed E-state index contributed by atoms with van der Waals surface area (Å²) in [6.45, 7) is 0. The van der Waals surface area contributed by atoms with Crippen LogP contribution in [-0.4, -0.2) is 46.8 Å². The van der Waals surface area contributed by atoms with Crippen molar-refractivity contribution in [2.75, 3.05) is 5.32 Å². The van der Waals surface area contributed by atoms with Gasteiger partial charge in [-0.3, -0.25) is 9.36 Å². The van der Waals surface area contributed by atoms with Gasteiger partial charge in [0.25, 0.3) is 0 Å². The van der Waals surface area contributed by atoms with Gasteiger partial charge in [0, 0.05) is 54.9 Å². The summed E-state index contributed by atoms with van der Waals surface area (Å²) < 4.78 is 3.55. The molecule has 4 aromatic rings. The van der Waals surface area contributed by atoms with E-state index < -0.39 is 0 Å². The van der Waals surface area contributed by atoms with Gasteiger partial charge in [-0.2, -0.15) is 10.2 Å². The molecule has 2 atom stereocenters. The monoisotopic (exact) mass is 415 g/mol. The first-order chi connectivity index (χ1) is 15.1. The Labute approximate surface area is 180 Å². The van der Waals surface area contributed by atoms with Gasteiger partial charge in [-0.25, -0.2) is 9.97 Å². The van der Waals surface area contributed by atoms with E-state index in [0.717, 1.165) is 52.9 Å². The topological polar surface area (TPSA) is 93.7 Å². The van der Waals surface area contributed by atoms with E-state index in [1.54, 1.807) is 15.6 Å². The number of aliphatic hydroxyl groups is 1. The quantitative estimate of drug-likeness (QED) is 0.520. The minimum absolute atomic E-state index is 0.0140. The highest BCUT2D eigenvalue weighted by atomic mass is 16.3. The minimum Gasteiger partial charge on any atom is -0.391 e. The number of nitrogens with one attached hydrogen (secondary N) is 1. The normalized spacial score (nSPS) is 18.4. The number of rotatable bonds is 5. The molecule has 0 amide bonds. The van der Waals surface area contributed by atoms with Gasteiger partial charge in [0.2, 0.25) is 0 Å². The third-order valence-electron chi connectivity index (χ3n) is 5.77. The second-order valence-electron chi connectivity index (χ2n) is 8.09. The van der Waals surface area contributed by atoms with E-state index in [-0.39, 0.29) is 12.1 Å². The van der Waals surface area contributed by atoms with Crippen molar-refractivity contribution in [3.05, 3.63) is 55.2 Å². The summed E-state index contributed by atoms with van der Waals surface area (Å²) in [5, 5.41) is 22.4. The number of hydrogen-bond donors (Lipinski definition) is 2. The van der Waals surface area contributed by atoms with Crippen molar-refractivity contribution in [3.63, 3.8) is 0 Å². The highest BCUT2D eigenvalue weighted by Crippen LogP contribution is 2.32. The molecule has 5 rings (SSSR count). The molecule has 0 spiro atoms. The van der Waals surface area contributed by atoms with Crippen LogP contribution in [0.5, 0.6) is 0 Å². The molecular formula is C23H25N7O. The van der Waals surface area contributed by atoms with E-state index in [0.29, 0.717) is 5.82 Å². The lowest BCUT2D eigenvalue weighted by molar-refractivity contribution is 0.171. The molecule has 1 aliphatic rings. The zero-order valence-corrected chi connectivity index (χ0v) is 17.6. The first kappa shape index (κ1) is 19.4. The van der Waals surface area contributed by atoms with Crippen LogP contribution in [-0.2, 0) is 14.1 Å². The predicted molar refractivity (Wildman–Crippen MR) is 119 cm³/mol. The van der Waals surface area contributed by atoms with E-state index in [1.165, 1.54) is 0 Å². The fourth-order valence-electron chi connectivity index (χ4n) is 4.10. The number of aliphatic hydroxyl groups excluding tert-OH is 1. The maximum absolute atomic E-state index is 10.3. The van der Waals surface area contributed by atoms with E-state index in [2.05, 4.69) is 32.6 Å². The molecule has 0 radical (unpaired) electrons. The Kier molecular flexibility index (Phi) is 4.99. The lowest BCUT2D eigenvalue weighted by Crippen LogP contribution is -2.28. The van der Waals surface area contributed by atoms with Crippen molar-refractivity contribution in [2.45, 2.75) is 31.4 Å². The van der Waals surface area contributed by atoms with Crippen LogP contribution < -0.4 is 5.32 Å². The number of benzene rings is 1. The molecule has 1 aliphatic carbocycles. The third kappa shape index (κ3) is 3.94. The molecule has 2 N–H and O–H groups in total. The van der Waals surface area contributed by atoms with Crippen LogP contribution in [0.1, 0.15) is 19.3 Å². The lowest BCUT2D eigenvalue weighted by Gasteiger charge is -2.19. The summed E-state index contributed by atoms with van der Waals surface area (Å²) in [4.78, 5) is 9.53. The van der Waals surface area contributed by atoms with Gasteiger partial charge in [0.05, 0.1) is 24.5 Å². The van der Waals surface area contributed by atoms with Crippen molar-refractivity contribution in [1.82, 2.24) is 29.5 Å². The smallest absolute Gasteiger partial charge is 0.161 e. The van der Waals surface area contributed by atoms with Crippen LogP contribution in [0.25, 0.3) is 33.6 Å². The number of aryl methyl sites for hydroxylation is 2. The first-order valence-electron chi connectivity index (χ1n) is 10.5. The fourth-order valence-corrected chi connectivity index (χ4v) is 4.10. The Bertz CT molecular complexity index is 1210. The molecule has 8 heteroatoms. The fraction of sp³-hybridized carbons (Fsp3) is 0.304. The third-order valence-corrected chi connectivity index (χ3v) is 5.77. The molecule has 1 aromatic carbocycles. The zero-order chi connectivity index (χ0) is 21.4. The van der Waals surface area contributed by atoms with Crippen LogP contribution >= 0.6 is 0 Å². The molecule has 0 saturated heterocycles. The van der Waals surface area contributed by atoms with Gasteiger partial charge < -0.3 is 10.4 Å². The molecule has 0 bridgehead atoms. The van der Waals surface area contributed by atoms with Crippen LogP contribution in [0.3, 0.4) is 0 Å². The Morgan fingerprint density at radius 1 is 0.935 bits per heavy atom. The van der Waals surface area contributed by atoms with Crippen LogP contribution in [0.2, 0.25) is 0 Å². The van der Waals surface area contributed by atoms with Crippen LogP contribution in [0.15, 0.2) is 55.2 Å². The number of nitrogens with zero attached hydrogens (tertiary/aromatic N) is 6. The standard InChI is InChI=1S/C23H25N7O/c1-29-13-17(10-25-29)15-5-3-6-16(9-15)22-24-12-19(18-11-26-30(2)14-18)23(28-22)27-20-7-4-8-21(20)31/h3,5-6,9-14,20-21,31H,4,7-8H2,1-2H3,(H,24,27,28). The van der Waals surface area contributed by atoms with Crippen molar-refractivity contribution in [1.29, 1.82) is 0 Å². The van der Waals surface area contributed by atoms with Gasteiger partial charge in [-0.1, -0.05) is 18.2 Å². The maximum Gasteiger partial charge on any atom is 0.161 e. The maximum atomic E-state index is 10.3. The molecule has 158 valence electrons. The number of anilines is 1. The van der Waals surface area contributed by atoms with Gasteiger partial charge in [-0.15, -0.1) is 0 Å². The van der Waals surface area contributed by atoms with Crippen molar-refractivity contribution in [3.8, 4) is 33.6 Å². The van der Waals surface area contributed by atoms with Gasteiger partial charge in [0.15, 0.2) is 5.82 Å². The SMILES string of the molecule is Cn1cc(-c2cccc(-c3ncc(-c4cnn(C)c4)c(NC4CCCC4O)n3)c2)cn1. The Morgan fingerprint density at radius 3 is 2.35 bits per heavy atom. The molecule has 3 aromatic heterocycles. The minimum atomic E-state index is -0.367. The predicted octanol–water partition coefficient (Wildman–Crippen LogP) is 3.27. The summed E-state index contributed by atoms with van der Waals surface area (Å²) in [5.41, 5.74) is 4.84. The van der Waals surface area contributed by atoms with Crippen molar-refractivity contribution in [2.24, 2.45) is 14.1 Å². The summed E-state index contributed by atoms with van der Waals surface area (Å²) in [6.07, 6.45) is 11.8. The second kappa shape index (κ2) is 7.96. The van der Waals surface area contributed by atoms with Gasteiger partial charge in [0.1, 0.15) is 5.82 Å². The summed E-state index contributed by atoms with van der Waals surface area (Å²) in [5.74, 6) is 1.35. The Hall–Kier alpha value is -3.52. The Balaban J connectivity index is 1.54. The molecule has 1 saturated carbocycles. The second-order valence-corrected chi connectivity index (χ2v) is 8.09. The summed E-state index contributed by atoms with van der Waals surface area (Å²) in [6, 6.07) is 8.12. The van der Waals surface area contributed by atoms with Crippen LogP contribution in [0, 0.1) is 0 Å². The van der Waals surface area contributed by atoms with Gasteiger partial charge in [-0.05, 0) is 30.9 Å². The highest BCUT2D eigenvalue weighted by Gasteiger charge is 2.26. The Morgan fingerprint density at radius 2 is 1.68 bits per heavy atom. The van der Waals surface area contributed by atoms with E-state index in [1.807, 2.05) is 51.0 Å².